The Kier molecular flexibility index (Phi) is 4.32. The van der Waals surface area contributed by atoms with Crippen molar-refractivity contribution in [2.75, 3.05) is 0 Å². The molecule has 1 unspecified atom stereocenters. The van der Waals surface area contributed by atoms with Crippen molar-refractivity contribution in [3.8, 4) is 0 Å². The minimum Gasteiger partial charge on any atom is -0.390 e. The predicted molar refractivity (Wildman–Crippen MR) is 100 cm³/mol. The molecule has 1 atom stereocenters. The number of hydrogen-bond acceptors (Lipinski definition) is 3. The topological polar surface area (TPSA) is 46.6 Å². The Labute approximate surface area is 153 Å². The van der Waals surface area contributed by atoms with E-state index in [-0.39, 0.29) is 4.90 Å². The Morgan fingerprint density at radius 1 is 0.731 bits per heavy atom. The molecule has 0 fully saturated rings. The maximum absolute atomic E-state index is 13.2. The lowest BCUT2D eigenvalue weighted by atomic mass is 10.1. The van der Waals surface area contributed by atoms with E-state index in [2.05, 4.69) is 0 Å². The van der Waals surface area contributed by atoms with Crippen LogP contribution < -0.4 is 0 Å². The van der Waals surface area contributed by atoms with Gasteiger partial charge in [0.1, 0.15) is 6.04 Å². The molecule has 0 saturated carbocycles. The molecule has 0 saturated heterocycles. The minimum atomic E-state index is -3.82. The van der Waals surface area contributed by atoms with E-state index in [0.29, 0.717) is 5.76 Å². The van der Waals surface area contributed by atoms with Crippen LogP contribution in [0, 0.1) is 0 Å². The number of benzene rings is 3. The van der Waals surface area contributed by atoms with Crippen LogP contribution in [-0.2, 0) is 14.9 Å². The summed E-state index contributed by atoms with van der Waals surface area (Å²) in [6.07, 6.45) is 1.84. The summed E-state index contributed by atoms with van der Waals surface area (Å²) in [5.41, 5.74) is 1.68. The molecule has 4 rings (SSSR count). The molecular weight excluding hydrogens is 346 g/mol. The summed E-state index contributed by atoms with van der Waals surface area (Å²) in [6.45, 7) is 0. The zero-order valence-corrected chi connectivity index (χ0v) is 14.7. The molecule has 0 spiro atoms. The second-order valence-corrected chi connectivity index (χ2v) is 7.70. The van der Waals surface area contributed by atoms with Gasteiger partial charge >= 0.3 is 0 Å². The van der Waals surface area contributed by atoms with Gasteiger partial charge in [-0.2, -0.15) is 0 Å². The molecule has 1 aliphatic rings. The fraction of sp³-hybridized carbons (Fsp3) is 0.0476. The van der Waals surface area contributed by atoms with Crippen LogP contribution in [0.3, 0.4) is 0 Å². The van der Waals surface area contributed by atoms with Gasteiger partial charge in [-0.15, -0.1) is 0 Å². The van der Waals surface area contributed by atoms with Crippen molar-refractivity contribution < 1.29 is 13.3 Å². The molecule has 26 heavy (non-hydrogen) atoms. The molecule has 0 aliphatic carbocycles. The first-order chi connectivity index (χ1) is 12.7. The van der Waals surface area contributed by atoms with Gasteiger partial charge in [-0.1, -0.05) is 78.9 Å². The molecule has 0 amide bonds. The third-order valence-electron chi connectivity index (χ3n) is 4.20. The summed E-state index contributed by atoms with van der Waals surface area (Å²) in [5, 5.41) is 0. The number of rotatable bonds is 4. The van der Waals surface area contributed by atoms with Crippen LogP contribution in [-0.4, -0.2) is 12.9 Å². The van der Waals surface area contributed by atoms with Gasteiger partial charge < -0.3 is 4.84 Å². The lowest BCUT2D eigenvalue weighted by Crippen LogP contribution is -2.30. The van der Waals surface area contributed by atoms with E-state index >= 15 is 0 Å². The summed E-state index contributed by atoms with van der Waals surface area (Å²) in [5.74, 6) is 0.527. The second kappa shape index (κ2) is 6.78. The lowest BCUT2D eigenvalue weighted by molar-refractivity contribution is 0.00103. The van der Waals surface area contributed by atoms with Crippen molar-refractivity contribution in [3.05, 3.63) is 108 Å². The maximum Gasteiger partial charge on any atom is 0.274 e. The molecular formula is C21H17NO3S. The Balaban J connectivity index is 1.79. The highest BCUT2D eigenvalue weighted by Gasteiger charge is 2.39. The number of hydroxylamine groups is 1. The van der Waals surface area contributed by atoms with Crippen LogP contribution in [0.15, 0.2) is 102 Å². The van der Waals surface area contributed by atoms with Crippen LogP contribution in [0.25, 0.3) is 5.76 Å². The van der Waals surface area contributed by atoms with E-state index in [1.165, 1.54) is 0 Å². The van der Waals surface area contributed by atoms with E-state index in [1.54, 1.807) is 30.3 Å². The van der Waals surface area contributed by atoms with Crippen LogP contribution >= 0.6 is 0 Å². The van der Waals surface area contributed by atoms with Crippen molar-refractivity contribution in [1.29, 1.82) is 0 Å². The summed E-state index contributed by atoms with van der Waals surface area (Å²) < 4.78 is 27.4. The first-order valence-electron chi connectivity index (χ1n) is 8.26. The maximum atomic E-state index is 13.2. The smallest absolute Gasteiger partial charge is 0.274 e. The van der Waals surface area contributed by atoms with Crippen molar-refractivity contribution in [1.82, 2.24) is 4.47 Å². The SMILES string of the molecule is O=S(=O)(c1ccccc1)N1OC(c2ccccc2)=CC1c1ccccc1. The van der Waals surface area contributed by atoms with Gasteiger partial charge in [0.15, 0.2) is 5.76 Å². The number of nitrogens with zero attached hydrogens (tertiary/aromatic N) is 1. The van der Waals surface area contributed by atoms with Crippen LogP contribution in [0.1, 0.15) is 17.2 Å². The summed E-state index contributed by atoms with van der Waals surface area (Å²) in [4.78, 5) is 6.04. The van der Waals surface area contributed by atoms with Gasteiger partial charge in [0.05, 0.1) is 4.90 Å². The van der Waals surface area contributed by atoms with Crippen LogP contribution in [0.5, 0.6) is 0 Å². The van der Waals surface area contributed by atoms with Crippen LogP contribution in [0.4, 0.5) is 0 Å². The molecule has 0 aromatic heterocycles. The summed E-state index contributed by atoms with van der Waals surface area (Å²) in [7, 11) is -3.82. The largest absolute Gasteiger partial charge is 0.390 e. The lowest BCUT2D eigenvalue weighted by Gasteiger charge is -2.23. The fourth-order valence-corrected chi connectivity index (χ4v) is 4.27. The highest BCUT2D eigenvalue weighted by Crippen LogP contribution is 2.39. The van der Waals surface area contributed by atoms with Crippen molar-refractivity contribution in [2.24, 2.45) is 0 Å². The fourth-order valence-electron chi connectivity index (χ4n) is 2.90. The molecule has 5 heteroatoms. The molecule has 4 nitrogen and oxygen atoms in total. The number of sulfonamides is 1. The van der Waals surface area contributed by atoms with E-state index < -0.39 is 16.1 Å². The Bertz CT molecular complexity index is 1020. The molecule has 1 heterocycles. The van der Waals surface area contributed by atoms with Gasteiger partial charge in [-0.3, -0.25) is 0 Å². The summed E-state index contributed by atoms with van der Waals surface area (Å²) >= 11 is 0. The molecule has 3 aromatic rings. The highest BCUT2D eigenvalue weighted by atomic mass is 32.2. The zero-order valence-electron chi connectivity index (χ0n) is 13.9. The van der Waals surface area contributed by atoms with Crippen molar-refractivity contribution in [3.63, 3.8) is 0 Å². The average molecular weight is 363 g/mol. The third-order valence-corrected chi connectivity index (χ3v) is 5.85. The molecule has 3 aromatic carbocycles. The van der Waals surface area contributed by atoms with E-state index in [0.717, 1.165) is 15.6 Å². The first-order valence-corrected chi connectivity index (χ1v) is 9.70. The average Bonchev–Trinajstić information content (AvgIpc) is 3.16. The first kappa shape index (κ1) is 16.6. The molecule has 0 N–H and O–H groups in total. The van der Waals surface area contributed by atoms with E-state index in [1.807, 2.05) is 66.7 Å². The summed E-state index contributed by atoms with van der Waals surface area (Å²) in [6, 6.07) is 26.7. The van der Waals surface area contributed by atoms with Gasteiger partial charge in [-0.25, -0.2) is 8.42 Å². The number of hydrogen-bond donors (Lipinski definition) is 0. The van der Waals surface area contributed by atoms with Gasteiger partial charge in [0, 0.05) is 5.56 Å². The standard InChI is InChI=1S/C21H17NO3S/c23-26(24,19-14-8-3-9-15-19)22-20(17-10-4-1-5-11-17)16-21(25-22)18-12-6-2-7-13-18/h1-16,20H. The van der Waals surface area contributed by atoms with Crippen molar-refractivity contribution >= 4 is 15.8 Å². The monoisotopic (exact) mass is 363 g/mol. The third kappa shape index (κ3) is 3.03. The van der Waals surface area contributed by atoms with Crippen LogP contribution in [0.2, 0.25) is 0 Å². The Morgan fingerprint density at radius 2 is 1.27 bits per heavy atom. The molecule has 1 aliphatic heterocycles. The normalized spacial score (nSPS) is 17.5. The van der Waals surface area contributed by atoms with Gasteiger partial charge in [0.2, 0.25) is 0 Å². The van der Waals surface area contributed by atoms with E-state index in [9.17, 15) is 8.42 Å². The molecule has 130 valence electrons. The van der Waals surface area contributed by atoms with Gasteiger partial charge in [-0.05, 0) is 28.2 Å². The quantitative estimate of drug-likeness (QED) is 0.690. The second-order valence-electron chi connectivity index (χ2n) is 5.92. The Hall–Kier alpha value is -2.89. The van der Waals surface area contributed by atoms with E-state index in [4.69, 9.17) is 4.84 Å². The molecule has 0 bridgehead atoms. The Morgan fingerprint density at radius 3 is 1.88 bits per heavy atom. The predicted octanol–water partition coefficient (Wildman–Crippen LogP) is 4.40. The van der Waals surface area contributed by atoms with Crippen molar-refractivity contribution in [2.45, 2.75) is 10.9 Å². The molecule has 0 radical (unpaired) electrons. The highest BCUT2D eigenvalue weighted by molar-refractivity contribution is 7.89. The zero-order chi connectivity index (χ0) is 18.0. The minimum absolute atomic E-state index is 0.198. The van der Waals surface area contributed by atoms with Gasteiger partial charge in [0.25, 0.3) is 10.0 Å².